The molecule has 3 N–H and O–H groups in total. The first-order chi connectivity index (χ1) is 12.2. The molecule has 26 heavy (non-hydrogen) atoms. The Labute approximate surface area is 154 Å². The fourth-order valence-electron chi connectivity index (χ4n) is 2.04. The molecule has 0 spiro atoms. The maximum absolute atomic E-state index is 11.8. The number of amides is 3. The minimum atomic E-state index is -0.561. The van der Waals surface area contributed by atoms with Crippen LogP contribution < -0.4 is 16.0 Å². The van der Waals surface area contributed by atoms with Crippen LogP contribution in [0.4, 0.5) is 10.5 Å². The van der Waals surface area contributed by atoms with Crippen LogP contribution in [0.15, 0.2) is 24.3 Å². The fourth-order valence-corrected chi connectivity index (χ4v) is 2.04. The van der Waals surface area contributed by atoms with Gasteiger partial charge in [-0.05, 0) is 44.9 Å². The third kappa shape index (κ3) is 9.66. The van der Waals surface area contributed by atoms with Gasteiger partial charge in [-0.2, -0.15) is 0 Å². The summed E-state index contributed by atoms with van der Waals surface area (Å²) in [4.78, 5) is 34.8. The second kappa shape index (κ2) is 10.4. The van der Waals surface area contributed by atoms with Gasteiger partial charge in [0.2, 0.25) is 11.8 Å². The Hall–Kier alpha value is -2.57. The van der Waals surface area contributed by atoms with Gasteiger partial charge in [0.15, 0.2) is 0 Å². The van der Waals surface area contributed by atoms with Crippen LogP contribution in [0.25, 0.3) is 0 Å². The fraction of sp³-hybridized carbons (Fsp3) is 0.526. The van der Waals surface area contributed by atoms with E-state index in [1.165, 1.54) is 0 Å². The van der Waals surface area contributed by atoms with Crippen molar-refractivity contribution >= 4 is 23.6 Å². The predicted molar refractivity (Wildman–Crippen MR) is 101 cm³/mol. The Kier molecular flexibility index (Phi) is 8.61. The molecule has 0 aliphatic heterocycles. The van der Waals surface area contributed by atoms with Crippen LogP contribution in [0.3, 0.4) is 0 Å². The summed E-state index contributed by atoms with van der Waals surface area (Å²) in [5.41, 5.74) is 1.10. The van der Waals surface area contributed by atoms with Crippen LogP contribution in [0, 0.1) is 0 Å². The number of alkyl carbamates (subject to hydrolysis) is 1. The molecule has 0 aliphatic rings. The van der Waals surface area contributed by atoms with Crippen molar-refractivity contribution in [2.75, 3.05) is 11.9 Å². The lowest BCUT2D eigenvalue weighted by Gasteiger charge is -2.19. The molecule has 0 fully saturated rings. The molecule has 0 saturated carbocycles. The van der Waals surface area contributed by atoms with Crippen molar-refractivity contribution in [3.8, 4) is 0 Å². The maximum Gasteiger partial charge on any atom is 0.407 e. The normalized spacial score (nSPS) is 10.8. The molecule has 0 radical (unpaired) electrons. The number of nitrogens with one attached hydrogen (secondary N) is 3. The van der Waals surface area contributed by atoms with E-state index in [1.54, 1.807) is 32.9 Å². The number of hydrogen-bond acceptors (Lipinski definition) is 4. The largest absolute Gasteiger partial charge is 0.444 e. The molecule has 144 valence electrons. The molecule has 0 heterocycles. The molecule has 1 rings (SSSR count). The van der Waals surface area contributed by atoms with E-state index < -0.39 is 11.7 Å². The van der Waals surface area contributed by atoms with Gasteiger partial charge in [0.05, 0.1) is 0 Å². The Morgan fingerprint density at radius 2 is 1.62 bits per heavy atom. The average molecular weight is 363 g/mol. The smallest absolute Gasteiger partial charge is 0.407 e. The summed E-state index contributed by atoms with van der Waals surface area (Å²) in [7, 11) is 0. The average Bonchev–Trinajstić information content (AvgIpc) is 2.52. The first kappa shape index (κ1) is 21.5. The van der Waals surface area contributed by atoms with Gasteiger partial charge in [0.25, 0.3) is 0 Å². The number of rotatable bonds is 8. The first-order valence-corrected chi connectivity index (χ1v) is 8.82. The number of benzene rings is 1. The van der Waals surface area contributed by atoms with Gasteiger partial charge in [-0.1, -0.05) is 19.1 Å². The highest BCUT2D eigenvalue weighted by Crippen LogP contribution is 2.10. The van der Waals surface area contributed by atoms with Crippen LogP contribution in [-0.4, -0.2) is 30.1 Å². The Bertz CT molecular complexity index is 606. The van der Waals surface area contributed by atoms with Gasteiger partial charge in [-0.25, -0.2) is 4.79 Å². The van der Waals surface area contributed by atoms with Crippen molar-refractivity contribution in [3.05, 3.63) is 29.8 Å². The van der Waals surface area contributed by atoms with Crippen LogP contribution in [0.5, 0.6) is 0 Å². The molecule has 0 bridgehead atoms. The molecular formula is C19H29N3O4. The van der Waals surface area contributed by atoms with Gasteiger partial charge >= 0.3 is 6.09 Å². The van der Waals surface area contributed by atoms with Crippen molar-refractivity contribution < 1.29 is 19.1 Å². The second-order valence-electron chi connectivity index (χ2n) is 6.95. The zero-order valence-electron chi connectivity index (χ0n) is 16.0. The van der Waals surface area contributed by atoms with E-state index in [1.807, 2.05) is 19.1 Å². The van der Waals surface area contributed by atoms with Crippen molar-refractivity contribution in [2.24, 2.45) is 0 Å². The Balaban J connectivity index is 2.28. The SMILES string of the molecule is CCCC(=O)Nc1ccc(CNC(=O)CCNC(=O)OC(C)(C)C)cc1. The van der Waals surface area contributed by atoms with Gasteiger partial charge in [0, 0.05) is 31.6 Å². The lowest BCUT2D eigenvalue weighted by molar-refractivity contribution is -0.121. The number of carbonyl (C=O) groups is 3. The monoisotopic (exact) mass is 363 g/mol. The summed E-state index contributed by atoms with van der Waals surface area (Å²) in [6, 6.07) is 7.31. The topological polar surface area (TPSA) is 96.5 Å². The molecule has 7 nitrogen and oxygen atoms in total. The molecule has 1 aromatic rings. The van der Waals surface area contributed by atoms with E-state index in [9.17, 15) is 14.4 Å². The number of anilines is 1. The highest BCUT2D eigenvalue weighted by molar-refractivity contribution is 5.90. The van der Waals surface area contributed by atoms with Gasteiger partial charge in [-0.3, -0.25) is 9.59 Å². The van der Waals surface area contributed by atoms with Crippen LogP contribution in [-0.2, 0) is 20.9 Å². The quantitative estimate of drug-likeness (QED) is 0.661. The van der Waals surface area contributed by atoms with Crippen LogP contribution >= 0.6 is 0 Å². The van der Waals surface area contributed by atoms with Crippen molar-refractivity contribution in [1.82, 2.24) is 10.6 Å². The lowest BCUT2D eigenvalue weighted by atomic mass is 10.2. The van der Waals surface area contributed by atoms with E-state index in [4.69, 9.17) is 4.74 Å². The highest BCUT2D eigenvalue weighted by Gasteiger charge is 2.15. The number of hydrogen-bond donors (Lipinski definition) is 3. The predicted octanol–water partition coefficient (Wildman–Crippen LogP) is 2.96. The summed E-state index contributed by atoms with van der Waals surface area (Å²) in [5, 5.41) is 8.14. The molecule has 0 aromatic heterocycles. The molecule has 0 saturated heterocycles. The van der Waals surface area contributed by atoms with Gasteiger partial charge in [-0.15, -0.1) is 0 Å². The summed E-state index contributed by atoms with van der Waals surface area (Å²) in [5.74, 6) is -0.174. The molecular weight excluding hydrogens is 334 g/mol. The maximum atomic E-state index is 11.8. The van der Waals surface area contributed by atoms with E-state index in [2.05, 4.69) is 16.0 Å². The second-order valence-corrected chi connectivity index (χ2v) is 6.95. The molecule has 0 unspecified atom stereocenters. The zero-order chi connectivity index (χ0) is 19.6. The number of ether oxygens (including phenoxy) is 1. The van der Waals surface area contributed by atoms with Crippen molar-refractivity contribution in [3.63, 3.8) is 0 Å². The molecule has 0 atom stereocenters. The molecule has 7 heteroatoms. The van der Waals surface area contributed by atoms with E-state index in [0.29, 0.717) is 13.0 Å². The van der Waals surface area contributed by atoms with E-state index >= 15 is 0 Å². The minimum absolute atomic E-state index is 0.00830. The Morgan fingerprint density at radius 1 is 0.962 bits per heavy atom. The Morgan fingerprint density at radius 3 is 2.19 bits per heavy atom. The molecule has 1 aromatic carbocycles. The van der Waals surface area contributed by atoms with Crippen molar-refractivity contribution in [1.29, 1.82) is 0 Å². The zero-order valence-corrected chi connectivity index (χ0v) is 16.0. The standard InChI is InChI=1S/C19H29N3O4/c1-5-6-17(24)22-15-9-7-14(8-10-15)13-21-16(23)11-12-20-18(25)26-19(2,3)4/h7-10H,5-6,11-13H2,1-4H3,(H,20,25)(H,21,23)(H,22,24). The van der Waals surface area contributed by atoms with Crippen LogP contribution in [0.1, 0.15) is 52.5 Å². The molecule has 0 aliphatic carbocycles. The summed E-state index contributed by atoms with van der Waals surface area (Å²) < 4.78 is 5.09. The summed E-state index contributed by atoms with van der Waals surface area (Å²) in [6.07, 6.45) is 0.934. The summed E-state index contributed by atoms with van der Waals surface area (Å²) in [6.45, 7) is 7.88. The lowest BCUT2D eigenvalue weighted by Crippen LogP contribution is -2.35. The third-order valence-corrected chi connectivity index (χ3v) is 3.22. The minimum Gasteiger partial charge on any atom is -0.444 e. The summed E-state index contributed by atoms with van der Waals surface area (Å²) >= 11 is 0. The van der Waals surface area contributed by atoms with Gasteiger partial charge in [0.1, 0.15) is 5.60 Å². The first-order valence-electron chi connectivity index (χ1n) is 8.82. The number of carbonyl (C=O) groups excluding carboxylic acids is 3. The van der Waals surface area contributed by atoms with E-state index in [0.717, 1.165) is 17.7 Å². The third-order valence-electron chi connectivity index (χ3n) is 3.22. The van der Waals surface area contributed by atoms with Gasteiger partial charge < -0.3 is 20.7 Å². The van der Waals surface area contributed by atoms with E-state index in [-0.39, 0.29) is 24.8 Å². The van der Waals surface area contributed by atoms with Crippen LogP contribution in [0.2, 0.25) is 0 Å². The van der Waals surface area contributed by atoms with Crippen molar-refractivity contribution in [2.45, 2.75) is 59.1 Å². The molecule has 3 amide bonds. The highest BCUT2D eigenvalue weighted by atomic mass is 16.6.